The lowest BCUT2D eigenvalue weighted by molar-refractivity contribution is -0.144. The van der Waals surface area contributed by atoms with Crippen molar-refractivity contribution in [1.29, 1.82) is 0 Å². The maximum atomic E-state index is 5.76. The summed E-state index contributed by atoms with van der Waals surface area (Å²) in [6.07, 6.45) is 0.873. The van der Waals surface area contributed by atoms with Gasteiger partial charge in [0.2, 0.25) is 0 Å². The van der Waals surface area contributed by atoms with Crippen LogP contribution in [0.4, 0.5) is 0 Å². The van der Waals surface area contributed by atoms with Gasteiger partial charge in [0, 0.05) is 8.80 Å². The summed E-state index contributed by atoms with van der Waals surface area (Å²) >= 11 is 0. The van der Waals surface area contributed by atoms with Gasteiger partial charge in [0.25, 0.3) is 0 Å². The molecule has 0 amide bonds. The van der Waals surface area contributed by atoms with E-state index >= 15 is 0 Å². The van der Waals surface area contributed by atoms with Gasteiger partial charge >= 0.3 is 0 Å². The zero-order chi connectivity index (χ0) is 8.06. The lowest BCUT2D eigenvalue weighted by Gasteiger charge is -2.18. The van der Waals surface area contributed by atoms with Crippen LogP contribution in [0.1, 0.15) is 13.8 Å². The summed E-state index contributed by atoms with van der Waals surface area (Å²) in [6, 6.07) is 2.63. The van der Waals surface area contributed by atoms with E-state index in [0.29, 0.717) is 12.2 Å². The van der Waals surface area contributed by atoms with E-state index in [4.69, 9.17) is 9.47 Å². The summed E-state index contributed by atoms with van der Waals surface area (Å²) in [5.74, 6) is -0.302. The smallest absolute Gasteiger partial charge is 0.163 e. The minimum absolute atomic E-state index is 0.302. The molecule has 0 saturated carbocycles. The van der Waals surface area contributed by atoms with Crippen LogP contribution >= 0.6 is 0 Å². The Morgan fingerprint density at radius 1 is 1.18 bits per heavy atom. The minimum Gasteiger partial charge on any atom is -0.345 e. The van der Waals surface area contributed by atoms with Gasteiger partial charge in [0.15, 0.2) is 5.79 Å². The lowest BCUT2D eigenvalue weighted by Crippen LogP contribution is -2.23. The Morgan fingerprint density at radius 3 is 2.09 bits per heavy atom. The second-order valence-corrected chi connectivity index (χ2v) is 7.44. The third-order valence-corrected chi connectivity index (χ3v) is 5.09. The maximum Gasteiger partial charge on any atom is 0.163 e. The van der Waals surface area contributed by atoms with Crippen LogP contribution in [0.2, 0.25) is 18.6 Å². The fraction of sp³-hybridized carbons (Fsp3) is 1.00. The predicted octanol–water partition coefficient (Wildman–Crippen LogP) is 1.38. The van der Waals surface area contributed by atoms with Crippen molar-refractivity contribution in [2.45, 2.75) is 50.5 Å². The fourth-order valence-corrected chi connectivity index (χ4v) is 4.78. The maximum absolute atomic E-state index is 5.76. The van der Waals surface area contributed by atoms with Gasteiger partial charge < -0.3 is 9.47 Å². The molecule has 2 unspecified atom stereocenters. The first kappa shape index (κ1) is 7.77. The molecule has 2 nitrogen and oxygen atoms in total. The molecule has 11 heavy (non-hydrogen) atoms. The zero-order valence-corrected chi connectivity index (χ0v) is 8.62. The van der Waals surface area contributed by atoms with Crippen molar-refractivity contribution in [3.8, 4) is 0 Å². The summed E-state index contributed by atoms with van der Waals surface area (Å²) in [7, 11) is -0.439. The summed E-state index contributed by atoms with van der Waals surface area (Å²) in [5, 5.41) is 0. The monoisotopic (exact) mass is 172 g/mol. The van der Waals surface area contributed by atoms with E-state index in [-0.39, 0.29) is 5.79 Å². The fourth-order valence-electron chi connectivity index (χ4n) is 2.20. The van der Waals surface area contributed by atoms with E-state index < -0.39 is 8.80 Å². The van der Waals surface area contributed by atoms with E-state index in [2.05, 4.69) is 6.55 Å². The lowest BCUT2D eigenvalue weighted by atomic mass is 10.3. The third-order valence-electron chi connectivity index (χ3n) is 2.55. The Balaban J connectivity index is 2.04. The van der Waals surface area contributed by atoms with E-state index in [1.807, 2.05) is 13.8 Å². The first-order valence-corrected chi connectivity index (χ1v) is 7.21. The van der Waals surface area contributed by atoms with E-state index in [9.17, 15) is 0 Å². The van der Waals surface area contributed by atoms with Gasteiger partial charge in [-0.3, -0.25) is 0 Å². The highest BCUT2D eigenvalue weighted by Crippen LogP contribution is 2.38. The zero-order valence-electron chi connectivity index (χ0n) is 7.46. The van der Waals surface area contributed by atoms with Crippen LogP contribution in [-0.2, 0) is 9.47 Å². The molecule has 2 heterocycles. The Bertz CT molecular complexity index is 153. The molecule has 0 aromatic carbocycles. The largest absolute Gasteiger partial charge is 0.345 e. The van der Waals surface area contributed by atoms with Crippen molar-refractivity contribution in [2.75, 3.05) is 0 Å². The topological polar surface area (TPSA) is 18.5 Å². The molecule has 3 heteroatoms. The van der Waals surface area contributed by atoms with E-state index in [0.717, 1.165) is 0 Å². The number of hydrogen-bond acceptors (Lipinski definition) is 2. The molecule has 2 saturated heterocycles. The number of hydrogen-bond donors (Lipinski definition) is 0. The van der Waals surface area contributed by atoms with Crippen LogP contribution in [0.25, 0.3) is 0 Å². The highest BCUT2D eigenvalue weighted by Gasteiger charge is 2.46. The van der Waals surface area contributed by atoms with Crippen molar-refractivity contribution in [1.82, 2.24) is 0 Å². The van der Waals surface area contributed by atoms with Crippen molar-refractivity contribution >= 4 is 8.80 Å². The highest BCUT2D eigenvalue weighted by molar-refractivity contribution is 6.58. The van der Waals surface area contributed by atoms with Crippen LogP contribution < -0.4 is 0 Å². The van der Waals surface area contributed by atoms with Crippen LogP contribution in [0.15, 0.2) is 0 Å². The minimum atomic E-state index is -0.439. The average Bonchev–Trinajstić information content (AvgIpc) is 2.17. The summed E-state index contributed by atoms with van der Waals surface area (Å²) < 4.78 is 11.5. The first-order valence-electron chi connectivity index (χ1n) is 4.42. The molecule has 0 aliphatic carbocycles. The number of fused-ring (bicyclic) bond motifs is 1. The molecule has 0 radical (unpaired) electrons. The van der Waals surface area contributed by atoms with Crippen molar-refractivity contribution in [2.24, 2.45) is 0 Å². The summed E-state index contributed by atoms with van der Waals surface area (Å²) in [6.45, 7) is 6.42. The SMILES string of the molecule is C[SiH]1CC2OC(C)(C)OC2C1. The van der Waals surface area contributed by atoms with Gasteiger partial charge in [-0.2, -0.15) is 0 Å². The Hall–Kier alpha value is 0.137. The molecular formula is C8H16O2Si. The Morgan fingerprint density at radius 2 is 1.64 bits per heavy atom. The standard InChI is InChI=1S/C8H16O2Si/c1-8(2)9-6-4-11(3)5-7(6)10-8/h6-7,11H,4-5H2,1-3H3. The summed E-state index contributed by atoms with van der Waals surface area (Å²) in [4.78, 5) is 0. The van der Waals surface area contributed by atoms with Crippen LogP contribution in [0, 0.1) is 0 Å². The third kappa shape index (κ3) is 1.37. The highest BCUT2D eigenvalue weighted by atomic mass is 28.3. The van der Waals surface area contributed by atoms with Gasteiger partial charge in [-0.15, -0.1) is 0 Å². The molecule has 2 rings (SSSR count). The van der Waals surface area contributed by atoms with Gasteiger partial charge in [-0.1, -0.05) is 6.55 Å². The van der Waals surface area contributed by atoms with Crippen molar-refractivity contribution in [3.63, 3.8) is 0 Å². The second-order valence-electron chi connectivity index (χ2n) is 4.29. The molecule has 2 atom stereocenters. The van der Waals surface area contributed by atoms with Gasteiger partial charge in [-0.05, 0) is 25.9 Å². The Kier molecular flexibility index (Phi) is 1.63. The van der Waals surface area contributed by atoms with Crippen molar-refractivity contribution in [3.05, 3.63) is 0 Å². The summed E-state index contributed by atoms with van der Waals surface area (Å²) in [5.41, 5.74) is 0. The number of ether oxygens (including phenoxy) is 2. The molecular weight excluding hydrogens is 156 g/mol. The molecule has 2 fully saturated rings. The average molecular weight is 172 g/mol. The van der Waals surface area contributed by atoms with E-state index in [1.165, 1.54) is 12.1 Å². The first-order chi connectivity index (χ1) is 5.07. The molecule has 0 aromatic heterocycles. The van der Waals surface area contributed by atoms with Gasteiger partial charge in [0.05, 0.1) is 12.2 Å². The van der Waals surface area contributed by atoms with Gasteiger partial charge in [-0.25, -0.2) is 0 Å². The van der Waals surface area contributed by atoms with Gasteiger partial charge in [0.1, 0.15) is 0 Å². The second kappa shape index (κ2) is 2.31. The van der Waals surface area contributed by atoms with Crippen molar-refractivity contribution < 1.29 is 9.47 Å². The molecule has 0 aromatic rings. The van der Waals surface area contributed by atoms with Crippen LogP contribution in [0.5, 0.6) is 0 Å². The van der Waals surface area contributed by atoms with E-state index in [1.54, 1.807) is 0 Å². The molecule has 2 aliphatic heterocycles. The van der Waals surface area contributed by atoms with Crippen LogP contribution in [-0.4, -0.2) is 26.8 Å². The molecule has 0 spiro atoms. The number of rotatable bonds is 0. The normalized spacial score (nSPS) is 47.7. The predicted molar refractivity (Wildman–Crippen MR) is 46.5 cm³/mol. The molecule has 0 bridgehead atoms. The molecule has 2 aliphatic rings. The quantitative estimate of drug-likeness (QED) is 0.514. The Labute approximate surface area is 69.5 Å². The molecule has 64 valence electrons. The van der Waals surface area contributed by atoms with Crippen LogP contribution in [0.3, 0.4) is 0 Å². The molecule has 0 N–H and O–H groups in total.